The second kappa shape index (κ2) is 5.85. The third kappa shape index (κ3) is 3.72. The molecule has 6 heteroatoms. The van der Waals surface area contributed by atoms with E-state index in [1.165, 1.54) is 26.0 Å². The molecule has 1 aromatic carbocycles. The van der Waals surface area contributed by atoms with Gasteiger partial charge < -0.3 is 5.11 Å². The molecule has 1 rings (SSSR count). The number of aliphatic hydroxyl groups is 1. The van der Waals surface area contributed by atoms with Crippen LogP contribution in [0.4, 0.5) is 10.1 Å². The molecule has 2 N–H and O–H groups in total. The minimum atomic E-state index is -3.57. The molecule has 0 heterocycles. The van der Waals surface area contributed by atoms with E-state index in [1.54, 1.807) is 0 Å². The maximum absolute atomic E-state index is 13.6. The van der Waals surface area contributed by atoms with E-state index >= 15 is 0 Å². The van der Waals surface area contributed by atoms with Crippen LogP contribution in [0.5, 0.6) is 0 Å². The van der Waals surface area contributed by atoms with Crippen LogP contribution >= 0.6 is 0 Å². The van der Waals surface area contributed by atoms with Gasteiger partial charge in [0.15, 0.2) is 0 Å². The molecule has 0 atom stereocenters. The van der Waals surface area contributed by atoms with Crippen molar-refractivity contribution in [1.82, 2.24) is 0 Å². The first-order chi connectivity index (χ1) is 8.36. The summed E-state index contributed by atoms with van der Waals surface area (Å²) in [5, 5.41) is 7.86. The van der Waals surface area contributed by atoms with Crippen LogP contribution in [-0.2, 0) is 10.0 Å². The molecule has 4 nitrogen and oxygen atoms in total. The highest BCUT2D eigenvalue weighted by Crippen LogP contribution is 2.18. The predicted molar refractivity (Wildman–Crippen MR) is 68.0 cm³/mol. The van der Waals surface area contributed by atoms with E-state index in [2.05, 4.69) is 16.6 Å². The lowest BCUT2D eigenvalue weighted by Gasteiger charge is -2.11. The zero-order valence-electron chi connectivity index (χ0n) is 10.1. The highest BCUT2D eigenvalue weighted by atomic mass is 32.2. The normalized spacial score (nSPS) is 10.9. The Labute approximate surface area is 106 Å². The second-order valence-electron chi connectivity index (χ2n) is 3.85. The summed E-state index contributed by atoms with van der Waals surface area (Å²) in [5.41, 5.74) is 0.257. The Morgan fingerprint density at radius 2 is 2.11 bits per heavy atom. The van der Waals surface area contributed by atoms with Gasteiger partial charge in [-0.05, 0) is 32.0 Å². The first-order valence-corrected chi connectivity index (χ1v) is 6.82. The van der Waals surface area contributed by atoms with Gasteiger partial charge in [0, 0.05) is 5.56 Å². The van der Waals surface area contributed by atoms with Gasteiger partial charge in [0.1, 0.15) is 12.4 Å². The summed E-state index contributed by atoms with van der Waals surface area (Å²) in [7, 11) is -3.57. The van der Waals surface area contributed by atoms with Crippen molar-refractivity contribution in [2.75, 3.05) is 11.3 Å². The van der Waals surface area contributed by atoms with Gasteiger partial charge in [0.25, 0.3) is 0 Å². The first-order valence-electron chi connectivity index (χ1n) is 5.27. The zero-order valence-corrected chi connectivity index (χ0v) is 10.9. The predicted octanol–water partition coefficient (Wildman–Crippen LogP) is 1.32. The minimum Gasteiger partial charge on any atom is -0.384 e. The van der Waals surface area contributed by atoms with Crippen molar-refractivity contribution < 1.29 is 17.9 Å². The Morgan fingerprint density at radius 1 is 1.44 bits per heavy atom. The van der Waals surface area contributed by atoms with Crippen LogP contribution < -0.4 is 4.72 Å². The molecule has 0 saturated heterocycles. The molecule has 0 unspecified atom stereocenters. The molecule has 0 aliphatic rings. The third-order valence-corrected chi connectivity index (χ3v) is 3.90. The van der Waals surface area contributed by atoms with Gasteiger partial charge in [-0.3, -0.25) is 4.72 Å². The Hall–Kier alpha value is -1.58. The fourth-order valence-electron chi connectivity index (χ4n) is 1.09. The first kappa shape index (κ1) is 14.5. The van der Waals surface area contributed by atoms with E-state index < -0.39 is 21.1 Å². The van der Waals surface area contributed by atoms with Crippen molar-refractivity contribution in [2.45, 2.75) is 19.1 Å². The summed E-state index contributed by atoms with van der Waals surface area (Å²) in [6.07, 6.45) is 0. The molecule has 18 heavy (non-hydrogen) atoms. The highest BCUT2D eigenvalue weighted by Gasteiger charge is 2.17. The highest BCUT2D eigenvalue weighted by molar-refractivity contribution is 7.93. The lowest BCUT2D eigenvalue weighted by molar-refractivity contribution is 0.350. The summed E-state index contributed by atoms with van der Waals surface area (Å²) in [5.74, 6) is 4.20. The number of halogens is 1. The molecular formula is C12H14FNO3S. The Balaban J connectivity index is 3.00. The van der Waals surface area contributed by atoms with Crippen LogP contribution in [0.1, 0.15) is 19.4 Å². The van der Waals surface area contributed by atoms with Crippen molar-refractivity contribution in [2.24, 2.45) is 0 Å². The zero-order chi connectivity index (χ0) is 13.8. The van der Waals surface area contributed by atoms with Crippen molar-refractivity contribution >= 4 is 15.7 Å². The number of hydrogen-bond acceptors (Lipinski definition) is 3. The van der Waals surface area contributed by atoms with E-state index in [0.29, 0.717) is 5.56 Å². The van der Waals surface area contributed by atoms with Gasteiger partial charge in [0.2, 0.25) is 10.0 Å². The van der Waals surface area contributed by atoms with Crippen LogP contribution in [-0.4, -0.2) is 25.4 Å². The molecule has 0 bridgehead atoms. The summed E-state index contributed by atoms with van der Waals surface area (Å²) in [6, 6.07) is 3.89. The second-order valence-corrected chi connectivity index (χ2v) is 6.09. The smallest absolute Gasteiger partial charge is 0.235 e. The average Bonchev–Trinajstić information content (AvgIpc) is 2.29. The van der Waals surface area contributed by atoms with Gasteiger partial charge in [-0.15, -0.1) is 0 Å². The van der Waals surface area contributed by atoms with E-state index in [4.69, 9.17) is 5.11 Å². The summed E-state index contributed by atoms with van der Waals surface area (Å²) in [6.45, 7) is 2.69. The molecule has 0 spiro atoms. The van der Waals surface area contributed by atoms with E-state index in [-0.39, 0.29) is 12.3 Å². The largest absolute Gasteiger partial charge is 0.384 e. The number of anilines is 1. The molecule has 0 aliphatic heterocycles. The fourth-order valence-corrected chi connectivity index (χ4v) is 1.80. The van der Waals surface area contributed by atoms with E-state index in [9.17, 15) is 12.8 Å². The quantitative estimate of drug-likeness (QED) is 0.815. The summed E-state index contributed by atoms with van der Waals surface area (Å²) in [4.78, 5) is 0. The molecule has 0 aromatic heterocycles. The minimum absolute atomic E-state index is 0.113. The molecule has 0 saturated carbocycles. The maximum Gasteiger partial charge on any atom is 0.235 e. The van der Waals surface area contributed by atoms with Crippen LogP contribution in [0.25, 0.3) is 0 Å². The number of benzene rings is 1. The van der Waals surface area contributed by atoms with Gasteiger partial charge in [-0.2, -0.15) is 0 Å². The number of sulfonamides is 1. The number of rotatable bonds is 3. The van der Waals surface area contributed by atoms with Crippen LogP contribution in [0.3, 0.4) is 0 Å². The van der Waals surface area contributed by atoms with Crippen molar-refractivity contribution in [3.05, 3.63) is 29.6 Å². The lowest BCUT2D eigenvalue weighted by atomic mass is 10.2. The van der Waals surface area contributed by atoms with Crippen LogP contribution in [0, 0.1) is 17.7 Å². The molecule has 0 aliphatic carbocycles. The summed E-state index contributed by atoms with van der Waals surface area (Å²) >= 11 is 0. The molecule has 98 valence electrons. The molecule has 1 aromatic rings. The molecule has 0 amide bonds. The van der Waals surface area contributed by atoms with Gasteiger partial charge in [-0.25, -0.2) is 12.8 Å². The van der Waals surface area contributed by atoms with E-state index in [0.717, 1.165) is 6.07 Å². The Kier molecular flexibility index (Phi) is 4.70. The Morgan fingerprint density at radius 3 is 2.61 bits per heavy atom. The monoisotopic (exact) mass is 271 g/mol. The standard InChI is InChI=1S/C12H14FNO3S/c1-9(2)18(16,17)14-12-6-5-10(4-3-7-15)8-11(12)13/h5-6,8-9,14-15H,7H2,1-2H3. The number of aliphatic hydroxyl groups excluding tert-OH is 1. The Bertz CT molecular complexity index is 585. The number of nitrogens with one attached hydrogen (secondary N) is 1. The van der Waals surface area contributed by atoms with Crippen molar-refractivity contribution in [3.63, 3.8) is 0 Å². The van der Waals surface area contributed by atoms with Gasteiger partial charge in [-0.1, -0.05) is 11.8 Å². The van der Waals surface area contributed by atoms with Crippen LogP contribution in [0.2, 0.25) is 0 Å². The number of hydrogen-bond donors (Lipinski definition) is 2. The van der Waals surface area contributed by atoms with E-state index in [1.807, 2.05) is 0 Å². The molecule has 0 fully saturated rings. The molecular weight excluding hydrogens is 257 g/mol. The average molecular weight is 271 g/mol. The maximum atomic E-state index is 13.6. The SMILES string of the molecule is CC(C)S(=O)(=O)Nc1ccc(C#CCO)cc1F. The van der Waals surface area contributed by atoms with Crippen molar-refractivity contribution in [1.29, 1.82) is 0 Å². The molecule has 0 radical (unpaired) electrons. The van der Waals surface area contributed by atoms with Gasteiger partial charge >= 0.3 is 0 Å². The van der Waals surface area contributed by atoms with Crippen LogP contribution in [0.15, 0.2) is 18.2 Å². The summed E-state index contributed by atoms with van der Waals surface area (Å²) < 4.78 is 38.9. The topological polar surface area (TPSA) is 66.4 Å². The lowest BCUT2D eigenvalue weighted by Crippen LogP contribution is -2.23. The third-order valence-electron chi connectivity index (χ3n) is 2.15. The van der Waals surface area contributed by atoms with Crippen molar-refractivity contribution in [3.8, 4) is 11.8 Å². The van der Waals surface area contributed by atoms with Gasteiger partial charge in [0.05, 0.1) is 10.9 Å². The fraction of sp³-hybridized carbons (Fsp3) is 0.333.